The minimum absolute atomic E-state index is 0. The summed E-state index contributed by atoms with van der Waals surface area (Å²) in [5.41, 5.74) is 0.739. The van der Waals surface area contributed by atoms with Gasteiger partial charge < -0.3 is 10.2 Å². The van der Waals surface area contributed by atoms with Gasteiger partial charge in [-0.3, -0.25) is 4.79 Å². The first-order chi connectivity index (χ1) is 9.00. The van der Waals surface area contributed by atoms with Crippen molar-refractivity contribution in [2.45, 2.75) is 38.8 Å². The van der Waals surface area contributed by atoms with E-state index in [1.165, 1.54) is 12.1 Å². The number of carbonyl (C=O) groups excluding carboxylic acids is 1. The fraction of sp³-hybridized carbons (Fsp3) is 0.533. The zero-order valence-corrected chi connectivity index (χ0v) is 12.9. The SMILES string of the molecule is CC(C(=O)N1CCNC(C)C1C)c1cccc(F)c1.Cl. The van der Waals surface area contributed by atoms with Crippen molar-refractivity contribution >= 4 is 18.3 Å². The van der Waals surface area contributed by atoms with E-state index in [0.717, 1.165) is 12.1 Å². The molecule has 20 heavy (non-hydrogen) atoms. The molecule has 0 spiro atoms. The summed E-state index contributed by atoms with van der Waals surface area (Å²) in [6, 6.07) is 6.75. The van der Waals surface area contributed by atoms with Crippen molar-refractivity contribution in [3.8, 4) is 0 Å². The Labute approximate surface area is 125 Å². The van der Waals surface area contributed by atoms with Crippen LogP contribution in [0, 0.1) is 5.82 Å². The Balaban J connectivity index is 0.00000200. The van der Waals surface area contributed by atoms with Crippen molar-refractivity contribution in [3.63, 3.8) is 0 Å². The molecule has 1 saturated heterocycles. The Morgan fingerprint density at radius 3 is 2.80 bits per heavy atom. The van der Waals surface area contributed by atoms with Gasteiger partial charge in [-0.15, -0.1) is 12.4 Å². The molecule has 0 radical (unpaired) electrons. The van der Waals surface area contributed by atoms with Crippen LogP contribution in [-0.2, 0) is 4.79 Å². The lowest BCUT2D eigenvalue weighted by Crippen LogP contribution is -2.57. The standard InChI is InChI=1S/C15H21FN2O.ClH/c1-10(13-5-4-6-14(16)9-13)15(19)18-8-7-17-11(2)12(18)3;/h4-6,9-12,17H,7-8H2,1-3H3;1H. The number of hydrogen-bond acceptors (Lipinski definition) is 2. The molecule has 0 aliphatic carbocycles. The van der Waals surface area contributed by atoms with Crippen LogP contribution in [0.2, 0.25) is 0 Å². The van der Waals surface area contributed by atoms with Crippen molar-refractivity contribution in [2.24, 2.45) is 0 Å². The van der Waals surface area contributed by atoms with Gasteiger partial charge in [-0.05, 0) is 38.5 Å². The molecule has 1 aliphatic rings. The molecule has 1 N–H and O–H groups in total. The minimum Gasteiger partial charge on any atom is -0.337 e. The van der Waals surface area contributed by atoms with Gasteiger partial charge in [-0.25, -0.2) is 4.39 Å². The zero-order chi connectivity index (χ0) is 14.0. The largest absolute Gasteiger partial charge is 0.337 e. The van der Waals surface area contributed by atoms with Crippen molar-refractivity contribution < 1.29 is 9.18 Å². The third-order valence-corrected chi connectivity index (χ3v) is 4.04. The number of hydrogen-bond donors (Lipinski definition) is 1. The molecule has 2 rings (SSSR count). The molecule has 1 heterocycles. The molecule has 0 saturated carbocycles. The van der Waals surface area contributed by atoms with Crippen LogP contribution in [0.1, 0.15) is 32.3 Å². The summed E-state index contributed by atoms with van der Waals surface area (Å²) in [4.78, 5) is 14.4. The van der Waals surface area contributed by atoms with Gasteiger partial charge in [0.25, 0.3) is 0 Å². The summed E-state index contributed by atoms with van der Waals surface area (Å²) in [6.45, 7) is 7.50. The van der Waals surface area contributed by atoms with E-state index in [1.807, 2.05) is 24.8 Å². The molecule has 3 unspecified atom stereocenters. The van der Waals surface area contributed by atoms with Gasteiger partial charge in [-0.2, -0.15) is 0 Å². The average Bonchev–Trinajstić information content (AvgIpc) is 2.40. The van der Waals surface area contributed by atoms with E-state index in [2.05, 4.69) is 12.2 Å². The second kappa shape index (κ2) is 7.04. The van der Waals surface area contributed by atoms with Gasteiger partial charge in [0.05, 0.1) is 5.92 Å². The number of amides is 1. The number of rotatable bonds is 2. The lowest BCUT2D eigenvalue weighted by atomic mass is 9.97. The van der Waals surface area contributed by atoms with Gasteiger partial charge in [0, 0.05) is 25.2 Å². The van der Waals surface area contributed by atoms with Crippen molar-refractivity contribution in [1.29, 1.82) is 0 Å². The van der Waals surface area contributed by atoms with E-state index < -0.39 is 0 Å². The Hall–Kier alpha value is -1.13. The third kappa shape index (κ3) is 3.49. The maximum Gasteiger partial charge on any atom is 0.230 e. The van der Waals surface area contributed by atoms with E-state index in [-0.39, 0.29) is 42.1 Å². The Morgan fingerprint density at radius 1 is 1.45 bits per heavy atom. The molecule has 5 heteroatoms. The highest BCUT2D eigenvalue weighted by Crippen LogP contribution is 2.21. The van der Waals surface area contributed by atoms with Crippen LogP contribution in [-0.4, -0.2) is 36.0 Å². The normalized spacial score (nSPS) is 23.9. The predicted molar refractivity (Wildman–Crippen MR) is 80.7 cm³/mol. The summed E-state index contributed by atoms with van der Waals surface area (Å²) in [5, 5.41) is 3.35. The molecule has 1 aliphatic heterocycles. The average molecular weight is 301 g/mol. The maximum atomic E-state index is 13.2. The van der Waals surface area contributed by atoms with E-state index in [1.54, 1.807) is 6.07 Å². The van der Waals surface area contributed by atoms with Gasteiger partial charge in [-0.1, -0.05) is 12.1 Å². The van der Waals surface area contributed by atoms with Gasteiger partial charge in [0.15, 0.2) is 0 Å². The summed E-state index contributed by atoms with van der Waals surface area (Å²) in [6.07, 6.45) is 0. The lowest BCUT2D eigenvalue weighted by molar-refractivity contribution is -0.136. The van der Waals surface area contributed by atoms with Crippen LogP contribution >= 0.6 is 12.4 Å². The summed E-state index contributed by atoms with van der Waals surface area (Å²) in [7, 11) is 0. The first-order valence-electron chi connectivity index (χ1n) is 6.80. The quantitative estimate of drug-likeness (QED) is 0.910. The Bertz CT molecular complexity index is 469. The molecule has 3 nitrogen and oxygen atoms in total. The third-order valence-electron chi connectivity index (χ3n) is 4.04. The monoisotopic (exact) mass is 300 g/mol. The number of halogens is 2. The molecule has 1 amide bonds. The molecular weight excluding hydrogens is 279 g/mol. The molecule has 112 valence electrons. The van der Waals surface area contributed by atoms with Crippen LogP contribution in [0.15, 0.2) is 24.3 Å². The minimum atomic E-state index is -0.302. The second-order valence-corrected chi connectivity index (χ2v) is 5.29. The fourth-order valence-electron chi connectivity index (χ4n) is 2.53. The highest BCUT2D eigenvalue weighted by atomic mass is 35.5. The summed E-state index contributed by atoms with van der Waals surface area (Å²) < 4.78 is 13.2. The Morgan fingerprint density at radius 2 is 2.15 bits per heavy atom. The van der Waals surface area contributed by atoms with Crippen molar-refractivity contribution in [3.05, 3.63) is 35.6 Å². The fourth-order valence-corrected chi connectivity index (χ4v) is 2.53. The van der Waals surface area contributed by atoms with E-state index >= 15 is 0 Å². The molecule has 1 fully saturated rings. The first-order valence-corrected chi connectivity index (χ1v) is 6.80. The zero-order valence-electron chi connectivity index (χ0n) is 12.1. The molecule has 1 aromatic carbocycles. The lowest BCUT2D eigenvalue weighted by Gasteiger charge is -2.40. The topological polar surface area (TPSA) is 32.3 Å². The van der Waals surface area contributed by atoms with Crippen LogP contribution in [0.3, 0.4) is 0 Å². The second-order valence-electron chi connectivity index (χ2n) is 5.29. The highest BCUT2D eigenvalue weighted by molar-refractivity contribution is 5.85. The van der Waals surface area contributed by atoms with Crippen molar-refractivity contribution in [1.82, 2.24) is 10.2 Å². The van der Waals surface area contributed by atoms with Crippen LogP contribution in [0.4, 0.5) is 4.39 Å². The molecular formula is C15H22ClFN2O. The summed E-state index contributed by atoms with van der Waals surface area (Å²) in [5.74, 6) is -0.520. The van der Waals surface area contributed by atoms with Crippen molar-refractivity contribution in [2.75, 3.05) is 13.1 Å². The summed E-state index contributed by atoms with van der Waals surface area (Å²) >= 11 is 0. The van der Waals surface area contributed by atoms with E-state index in [0.29, 0.717) is 6.54 Å². The number of piperazine rings is 1. The van der Waals surface area contributed by atoms with E-state index in [4.69, 9.17) is 0 Å². The van der Waals surface area contributed by atoms with Gasteiger partial charge in [0.2, 0.25) is 5.91 Å². The maximum absolute atomic E-state index is 13.2. The van der Waals surface area contributed by atoms with Crippen LogP contribution < -0.4 is 5.32 Å². The van der Waals surface area contributed by atoms with Gasteiger partial charge >= 0.3 is 0 Å². The van der Waals surface area contributed by atoms with E-state index in [9.17, 15) is 9.18 Å². The molecule has 0 aromatic heterocycles. The molecule has 1 aromatic rings. The highest BCUT2D eigenvalue weighted by Gasteiger charge is 2.31. The number of benzene rings is 1. The smallest absolute Gasteiger partial charge is 0.230 e. The van der Waals surface area contributed by atoms with Crippen LogP contribution in [0.5, 0.6) is 0 Å². The molecule has 3 atom stereocenters. The molecule has 0 bridgehead atoms. The van der Waals surface area contributed by atoms with Crippen LogP contribution in [0.25, 0.3) is 0 Å². The Kier molecular flexibility index (Phi) is 5.96. The number of carbonyl (C=O) groups is 1. The predicted octanol–water partition coefficient (Wildman–Crippen LogP) is 2.56. The van der Waals surface area contributed by atoms with Gasteiger partial charge in [0.1, 0.15) is 5.82 Å². The number of nitrogens with one attached hydrogen (secondary N) is 1. The number of nitrogens with zero attached hydrogens (tertiary/aromatic N) is 1. The first kappa shape index (κ1) is 16.9.